The summed E-state index contributed by atoms with van der Waals surface area (Å²) in [5.74, 6) is 0.248. The van der Waals surface area contributed by atoms with E-state index < -0.39 is 10.0 Å². The second kappa shape index (κ2) is 9.65. The fourth-order valence-electron chi connectivity index (χ4n) is 3.41. The van der Waals surface area contributed by atoms with Crippen LogP contribution < -0.4 is 9.46 Å². The van der Waals surface area contributed by atoms with Gasteiger partial charge >= 0.3 is 0 Å². The molecule has 0 aromatic heterocycles. The van der Waals surface area contributed by atoms with E-state index in [4.69, 9.17) is 32.7 Å². The van der Waals surface area contributed by atoms with Crippen LogP contribution in [0.15, 0.2) is 41.3 Å². The van der Waals surface area contributed by atoms with Crippen LogP contribution >= 0.6 is 23.2 Å². The maximum Gasteiger partial charge on any atom is 0.263 e. The zero-order valence-electron chi connectivity index (χ0n) is 17.4. The Balaban J connectivity index is 1.89. The number of nitrogens with one attached hydrogen (secondary N) is 1. The number of morpholine rings is 1. The van der Waals surface area contributed by atoms with Crippen molar-refractivity contribution in [3.8, 4) is 5.75 Å². The van der Waals surface area contributed by atoms with Crippen LogP contribution in [0.5, 0.6) is 5.75 Å². The number of hydrogen-bond donors (Lipinski definition) is 1. The predicted molar refractivity (Wildman–Crippen MR) is 121 cm³/mol. The molecule has 1 saturated heterocycles. The molecule has 31 heavy (non-hydrogen) atoms. The highest BCUT2D eigenvalue weighted by atomic mass is 35.5. The van der Waals surface area contributed by atoms with Gasteiger partial charge in [-0.15, -0.1) is 0 Å². The number of carbonyl (C=O) groups is 1. The van der Waals surface area contributed by atoms with Gasteiger partial charge in [0.2, 0.25) is 0 Å². The molecule has 2 unspecified atom stereocenters. The van der Waals surface area contributed by atoms with Gasteiger partial charge in [-0.25, -0.2) is 8.42 Å². The van der Waals surface area contributed by atoms with Gasteiger partial charge in [-0.1, -0.05) is 23.2 Å². The number of hydrogen-bond acceptors (Lipinski definition) is 5. The van der Waals surface area contributed by atoms with Crippen molar-refractivity contribution >= 4 is 44.8 Å². The first kappa shape index (κ1) is 23.7. The van der Waals surface area contributed by atoms with Crippen molar-refractivity contribution in [1.29, 1.82) is 0 Å². The summed E-state index contributed by atoms with van der Waals surface area (Å²) < 4.78 is 39.5. The number of ether oxygens (including phenoxy) is 2. The molecule has 1 fully saturated rings. The van der Waals surface area contributed by atoms with E-state index in [0.29, 0.717) is 31.1 Å². The Labute approximate surface area is 192 Å². The first-order valence-electron chi connectivity index (χ1n) is 9.80. The summed E-state index contributed by atoms with van der Waals surface area (Å²) in [6.45, 7) is 6.87. The zero-order valence-corrected chi connectivity index (χ0v) is 19.7. The topological polar surface area (TPSA) is 84.9 Å². The molecule has 0 saturated carbocycles. The summed E-state index contributed by atoms with van der Waals surface area (Å²) in [4.78, 5) is 14.4. The third-order valence-electron chi connectivity index (χ3n) is 4.67. The minimum Gasteiger partial charge on any atom is -0.494 e. The Morgan fingerprint density at radius 1 is 1.13 bits per heavy atom. The fraction of sp³-hybridized carbons (Fsp3) is 0.381. The first-order chi connectivity index (χ1) is 14.6. The van der Waals surface area contributed by atoms with Gasteiger partial charge in [0.05, 0.1) is 34.4 Å². The van der Waals surface area contributed by atoms with E-state index in [1.165, 1.54) is 12.1 Å². The maximum absolute atomic E-state index is 13.1. The van der Waals surface area contributed by atoms with Crippen LogP contribution in [-0.4, -0.2) is 51.1 Å². The van der Waals surface area contributed by atoms with Crippen molar-refractivity contribution in [2.24, 2.45) is 0 Å². The highest BCUT2D eigenvalue weighted by molar-refractivity contribution is 7.92. The second-order valence-corrected chi connectivity index (χ2v) is 9.76. The molecule has 1 aliphatic rings. The smallest absolute Gasteiger partial charge is 0.263 e. The predicted octanol–water partition coefficient (Wildman–Crippen LogP) is 4.44. The SMILES string of the molecule is CCOc1ccc(NS(=O)(=O)c2cc(C(=O)N3CC(C)OC(C)C3)c(Cl)cc2Cl)cc1. The van der Waals surface area contributed by atoms with E-state index in [9.17, 15) is 13.2 Å². The quantitative estimate of drug-likeness (QED) is 0.651. The molecule has 1 aliphatic heterocycles. The average Bonchev–Trinajstić information content (AvgIpc) is 2.68. The highest BCUT2D eigenvalue weighted by Gasteiger charge is 2.30. The number of sulfonamides is 1. The molecule has 1 heterocycles. The van der Waals surface area contributed by atoms with Gasteiger partial charge < -0.3 is 14.4 Å². The molecule has 0 aliphatic carbocycles. The molecule has 0 radical (unpaired) electrons. The monoisotopic (exact) mass is 486 g/mol. The summed E-state index contributed by atoms with van der Waals surface area (Å²) in [6.07, 6.45) is -0.272. The van der Waals surface area contributed by atoms with E-state index in [1.807, 2.05) is 20.8 Å². The summed E-state index contributed by atoms with van der Waals surface area (Å²) >= 11 is 12.4. The molecule has 2 aromatic carbocycles. The van der Waals surface area contributed by atoms with Crippen molar-refractivity contribution in [1.82, 2.24) is 4.90 Å². The normalized spacial score (nSPS) is 19.2. The van der Waals surface area contributed by atoms with E-state index in [2.05, 4.69) is 4.72 Å². The summed E-state index contributed by atoms with van der Waals surface area (Å²) in [5, 5.41) is 0.00511. The fourth-order valence-corrected chi connectivity index (χ4v) is 5.32. The lowest BCUT2D eigenvalue weighted by Gasteiger charge is -2.35. The zero-order chi connectivity index (χ0) is 22.8. The largest absolute Gasteiger partial charge is 0.494 e. The van der Waals surface area contributed by atoms with Crippen LogP contribution in [0, 0.1) is 0 Å². The molecule has 1 amide bonds. The molecule has 0 bridgehead atoms. The highest BCUT2D eigenvalue weighted by Crippen LogP contribution is 2.31. The van der Waals surface area contributed by atoms with Gasteiger partial charge in [0, 0.05) is 18.8 Å². The van der Waals surface area contributed by atoms with Crippen molar-refractivity contribution < 1.29 is 22.7 Å². The van der Waals surface area contributed by atoms with Crippen LogP contribution in [0.3, 0.4) is 0 Å². The van der Waals surface area contributed by atoms with E-state index in [1.54, 1.807) is 29.2 Å². The minimum absolute atomic E-state index is 0.0689. The maximum atomic E-state index is 13.1. The second-order valence-electron chi connectivity index (χ2n) is 7.29. The summed E-state index contributed by atoms with van der Waals surface area (Å²) in [5.41, 5.74) is 0.401. The van der Waals surface area contributed by atoms with E-state index in [0.717, 1.165) is 0 Å². The lowest BCUT2D eigenvalue weighted by atomic mass is 10.1. The molecule has 2 aromatic rings. The summed E-state index contributed by atoms with van der Waals surface area (Å²) in [7, 11) is -4.07. The lowest BCUT2D eigenvalue weighted by Crippen LogP contribution is -2.48. The van der Waals surface area contributed by atoms with Gasteiger partial charge in [0.25, 0.3) is 15.9 Å². The van der Waals surface area contributed by atoms with Gasteiger partial charge in [0.15, 0.2) is 0 Å². The van der Waals surface area contributed by atoms with E-state index in [-0.39, 0.29) is 38.6 Å². The third-order valence-corrected chi connectivity index (χ3v) is 6.82. The number of halogens is 2. The molecule has 10 heteroatoms. The van der Waals surface area contributed by atoms with Gasteiger partial charge in [-0.3, -0.25) is 9.52 Å². The first-order valence-corrected chi connectivity index (χ1v) is 12.0. The molecule has 7 nitrogen and oxygen atoms in total. The van der Waals surface area contributed by atoms with Crippen molar-refractivity contribution in [2.75, 3.05) is 24.4 Å². The van der Waals surface area contributed by atoms with Crippen molar-refractivity contribution in [2.45, 2.75) is 37.9 Å². The third kappa shape index (κ3) is 5.63. The number of rotatable bonds is 6. The molecule has 2 atom stereocenters. The minimum atomic E-state index is -4.07. The number of nitrogens with zero attached hydrogens (tertiary/aromatic N) is 1. The van der Waals surface area contributed by atoms with Gasteiger partial charge in [0.1, 0.15) is 10.6 Å². The van der Waals surface area contributed by atoms with Crippen LogP contribution in [0.1, 0.15) is 31.1 Å². The van der Waals surface area contributed by atoms with Crippen LogP contribution in [0.25, 0.3) is 0 Å². The van der Waals surface area contributed by atoms with Gasteiger partial charge in [-0.2, -0.15) is 0 Å². The van der Waals surface area contributed by atoms with Gasteiger partial charge in [-0.05, 0) is 57.2 Å². The molecule has 0 spiro atoms. The van der Waals surface area contributed by atoms with Crippen molar-refractivity contribution in [3.63, 3.8) is 0 Å². The van der Waals surface area contributed by atoms with Crippen LogP contribution in [-0.2, 0) is 14.8 Å². The molecule has 1 N–H and O–H groups in total. The van der Waals surface area contributed by atoms with E-state index >= 15 is 0 Å². The Morgan fingerprint density at radius 2 is 1.74 bits per heavy atom. The number of anilines is 1. The molecule has 3 rings (SSSR count). The van der Waals surface area contributed by atoms with Crippen LogP contribution in [0.4, 0.5) is 5.69 Å². The Bertz CT molecular complexity index is 1050. The number of amides is 1. The van der Waals surface area contributed by atoms with Crippen molar-refractivity contribution in [3.05, 3.63) is 52.0 Å². The standard InChI is InChI=1S/C21H24Cl2N2O5S/c1-4-29-16-7-5-15(6-8-16)24-31(27,28)20-9-17(18(22)10-19(20)23)21(26)25-11-13(2)30-14(3)12-25/h5-10,13-14,24H,4,11-12H2,1-3H3. The summed E-state index contributed by atoms with van der Waals surface area (Å²) in [6, 6.07) is 8.95. The molecule has 168 valence electrons. The Kier molecular flexibility index (Phi) is 7.36. The number of carbonyl (C=O) groups excluding carboxylic acids is 1. The Hall–Kier alpha value is -2.00. The van der Waals surface area contributed by atoms with Crippen LogP contribution in [0.2, 0.25) is 10.0 Å². The molecular formula is C21H24Cl2N2O5S. The molecular weight excluding hydrogens is 463 g/mol. The average molecular weight is 487 g/mol. The number of benzene rings is 2. The lowest BCUT2D eigenvalue weighted by molar-refractivity contribution is -0.0586. The Morgan fingerprint density at radius 3 is 2.32 bits per heavy atom.